The number of nitrogens with one attached hydrogen (secondary N) is 1. The van der Waals surface area contributed by atoms with Crippen molar-refractivity contribution in [3.8, 4) is 0 Å². The third-order valence-corrected chi connectivity index (χ3v) is 7.16. The predicted octanol–water partition coefficient (Wildman–Crippen LogP) is 6.49. The summed E-state index contributed by atoms with van der Waals surface area (Å²) in [4.78, 5) is 27.8. The molecule has 0 bridgehead atoms. The fourth-order valence-corrected chi connectivity index (χ4v) is 5.56. The van der Waals surface area contributed by atoms with Crippen molar-refractivity contribution >= 4 is 45.7 Å². The first-order chi connectivity index (χ1) is 16.0. The Balaban J connectivity index is 1.44. The Morgan fingerprint density at radius 1 is 0.939 bits per heavy atom. The van der Waals surface area contributed by atoms with E-state index in [-0.39, 0.29) is 17.2 Å². The summed E-state index contributed by atoms with van der Waals surface area (Å²) in [5.41, 5.74) is 5.53. The number of nitrogens with zero attached hydrogens (tertiary/aromatic N) is 1. The molecule has 33 heavy (non-hydrogen) atoms. The summed E-state index contributed by atoms with van der Waals surface area (Å²) < 4.78 is 0. The smallest absolute Gasteiger partial charge is 0.256 e. The van der Waals surface area contributed by atoms with Gasteiger partial charge in [0.2, 0.25) is 5.91 Å². The lowest BCUT2D eigenvalue weighted by Crippen LogP contribution is -2.28. The molecule has 0 saturated carbocycles. The highest BCUT2D eigenvalue weighted by atomic mass is 32.2. The highest BCUT2D eigenvalue weighted by Crippen LogP contribution is 2.43. The molecule has 4 aromatic carbocycles. The zero-order valence-corrected chi connectivity index (χ0v) is 19.4. The largest absolute Gasteiger partial charge is 0.322 e. The molecule has 5 rings (SSSR count). The van der Waals surface area contributed by atoms with Crippen molar-refractivity contribution < 1.29 is 9.59 Å². The van der Waals surface area contributed by atoms with Gasteiger partial charge in [-0.05, 0) is 60.0 Å². The molecule has 0 aromatic heterocycles. The number of thioether (sulfide) groups is 1. The van der Waals surface area contributed by atoms with Gasteiger partial charge < -0.3 is 5.32 Å². The fourth-order valence-electron chi connectivity index (χ4n) is 4.40. The summed E-state index contributed by atoms with van der Waals surface area (Å²) in [7, 11) is 0. The van der Waals surface area contributed by atoms with Crippen LogP contribution in [0.1, 0.15) is 32.4 Å². The minimum Gasteiger partial charge on any atom is -0.322 e. The van der Waals surface area contributed by atoms with Crippen molar-refractivity contribution in [1.29, 1.82) is 0 Å². The predicted molar refractivity (Wildman–Crippen MR) is 137 cm³/mol. The molecule has 0 radical (unpaired) electrons. The molecule has 1 aliphatic heterocycles. The van der Waals surface area contributed by atoms with E-state index in [1.54, 1.807) is 11.8 Å². The van der Waals surface area contributed by atoms with Gasteiger partial charge in [0.15, 0.2) is 0 Å². The van der Waals surface area contributed by atoms with E-state index in [1.807, 2.05) is 90.7 Å². The quantitative estimate of drug-likeness (QED) is 0.385. The number of anilines is 2. The number of amides is 2. The standard InChI is InChI=1S/C28H24N2O2S/c1-18-13-14-25(19(2)15-18)30-26(31)17-33-28(30)21-9-5-10-22(16-21)29-27(32)24-12-6-8-20-7-3-4-11-23(20)24/h3-16,28H,17H2,1-2H3,(H,29,32). The summed E-state index contributed by atoms with van der Waals surface area (Å²) in [5, 5.41) is 4.87. The van der Waals surface area contributed by atoms with Crippen LogP contribution in [0.3, 0.4) is 0 Å². The Morgan fingerprint density at radius 3 is 2.58 bits per heavy atom. The van der Waals surface area contributed by atoms with E-state index >= 15 is 0 Å². The van der Waals surface area contributed by atoms with Gasteiger partial charge in [0.1, 0.15) is 5.37 Å². The zero-order valence-electron chi connectivity index (χ0n) is 18.5. The van der Waals surface area contributed by atoms with Crippen LogP contribution in [0.2, 0.25) is 0 Å². The number of hydrogen-bond donors (Lipinski definition) is 1. The van der Waals surface area contributed by atoms with Gasteiger partial charge in [0.25, 0.3) is 5.91 Å². The lowest BCUT2D eigenvalue weighted by Gasteiger charge is -2.26. The number of carbonyl (C=O) groups is 2. The van der Waals surface area contributed by atoms with Gasteiger partial charge in [-0.1, -0.05) is 66.2 Å². The molecule has 0 spiro atoms. The summed E-state index contributed by atoms with van der Waals surface area (Å²) in [6.07, 6.45) is 0. The lowest BCUT2D eigenvalue weighted by molar-refractivity contribution is -0.115. The molecule has 1 heterocycles. The first-order valence-electron chi connectivity index (χ1n) is 10.9. The SMILES string of the molecule is Cc1ccc(N2C(=O)CSC2c2cccc(NC(=O)c3cccc4ccccc34)c2)c(C)c1. The monoisotopic (exact) mass is 452 g/mol. The van der Waals surface area contributed by atoms with Crippen LogP contribution in [0.4, 0.5) is 11.4 Å². The Bertz CT molecular complexity index is 1380. The summed E-state index contributed by atoms with van der Waals surface area (Å²) in [6, 6.07) is 27.6. The van der Waals surface area contributed by atoms with E-state index in [0.717, 1.165) is 27.6 Å². The van der Waals surface area contributed by atoms with Gasteiger partial charge in [-0.25, -0.2) is 0 Å². The topological polar surface area (TPSA) is 49.4 Å². The summed E-state index contributed by atoms with van der Waals surface area (Å²) in [5.74, 6) is 0.386. The van der Waals surface area contributed by atoms with E-state index < -0.39 is 0 Å². The molecule has 5 heteroatoms. The fraction of sp³-hybridized carbons (Fsp3) is 0.143. The van der Waals surface area contributed by atoms with E-state index in [0.29, 0.717) is 17.0 Å². The third kappa shape index (κ3) is 4.12. The van der Waals surface area contributed by atoms with Crippen molar-refractivity contribution in [3.05, 3.63) is 107 Å². The van der Waals surface area contributed by atoms with Gasteiger partial charge in [-0.3, -0.25) is 14.5 Å². The van der Waals surface area contributed by atoms with Crippen molar-refractivity contribution in [3.63, 3.8) is 0 Å². The molecule has 1 unspecified atom stereocenters. The minimum atomic E-state index is -0.148. The second kappa shape index (κ2) is 8.75. The second-order valence-corrected chi connectivity index (χ2v) is 9.39. The molecule has 4 nitrogen and oxygen atoms in total. The van der Waals surface area contributed by atoms with Crippen LogP contribution >= 0.6 is 11.8 Å². The van der Waals surface area contributed by atoms with Crippen molar-refractivity contribution in [1.82, 2.24) is 0 Å². The van der Waals surface area contributed by atoms with Gasteiger partial charge in [0, 0.05) is 16.9 Å². The van der Waals surface area contributed by atoms with Gasteiger partial charge in [-0.2, -0.15) is 0 Å². The number of fused-ring (bicyclic) bond motifs is 1. The van der Waals surface area contributed by atoms with E-state index in [9.17, 15) is 9.59 Å². The minimum absolute atomic E-state index is 0.0992. The van der Waals surface area contributed by atoms with E-state index in [2.05, 4.69) is 18.3 Å². The second-order valence-electron chi connectivity index (χ2n) is 8.32. The Morgan fingerprint density at radius 2 is 1.73 bits per heavy atom. The van der Waals surface area contributed by atoms with Crippen molar-refractivity contribution in [2.45, 2.75) is 19.2 Å². The normalized spacial score (nSPS) is 15.8. The Labute approximate surface area is 197 Å². The van der Waals surface area contributed by atoms with Crippen LogP contribution in [0.5, 0.6) is 0 Å². The number of benzene rings is 4. The highest BCUT2D eigenvalue weighted by Gasteiger charge is 2.34. The van der Waals surface area contributed by atoms with Crippen LogP contribution in [-0.4, -0.2) is 17.6 Å². The van der Waals surface area contributed by atoms with E-state index in [4.69, 9.17) is 0 Å². The van der Waals surface area contributed by atoms with Crippen LogP contribution in [0.25, 0.3) is 10.8 Å². The number of hydrogen-bond acceptors (Lipinski definition) is 3. The molecule has 2 amide bonds. The molecule has 164 valence electrons. The molecular weight excluding hydrogens is 428 g/mol. The molecule has 0 aliphatic carbocycles. The molecule has 1 fully saturated rings. The van der Waals surface area contributed by atoms with Crippen LogP contribution < -0.4 is 10.2 Å². The maximum absolute atomic E-state index is 13.1. The summed E-state index contributed by atoms with van der Waals surface area (Å²) >= 11 is 1.61. The average molecular weight is 453 g/mol. The highest BCUT2D eigenvalue weighted by molar-refractivity contribution is 8.00. The molecule has 1 aliphatic rings. The van der Waals surface area contributed by atoms with Gasteiger partial charge in [-0.15, -0.1) is 11.8 Å². The molecule has 1 saturated heterocycles. The first-order valence-corrected chi connectivity index (χ1v) is 12.0. The first kappa shape index (κ1) is 21.3. The number of rotatable bonds is 4. The zero-order chi connectivity index (χ0) is 22.9. The van der Waals surface area contributed by atoms with Crippen LogP contribution in [-0.2, 0) is 4.79 Å². The molecule has 4 aromatic rings. The number of aryl methyl sites for hydroxylation is 2. The van der Waals surface area contributed by atoms with Crippen LogP contribution in [0.15, 0.2) is 84.9 Å². The molecular formula is C28H24N2O2S. The summed E-state index contributed by atoms with van der Waals surface area (Å²) in [6.45, 7) is 4.09. The van der Waals surface area contributed by atoms with E-state index in [1.165, 1.54) is 5.56 Å². The number of carbonyl (C=O) groups excluding carboxylic acids is 2. The molecule has 1 N–H and O–H groups in total. The van der Waals surface area contributed by atoms with Crippen LogP contribution in [0, 0.1) is 13.8 Å². The van der Waals surface area contributed by atoms with Gasteiger partial charge >= 0.3 is 0 Å². The Kier molecular flexibility index (Phi) is 5.65. The average Bonchev–Trinajstić information content (AvgIpc) is 3.20. The maximum atomic E-state index is 13.1. The third-order valence-electron chi connectivity index (χ3n) is 5.94. The lowest BCUT2D eigenvalue weighted by atomic mass is 10.0. The van der Waals surface area contributed by atoms with Crippen molar-refractivity contribution in [2.75, 3.05) is 16.0 Å². The maximum Gasteiger partial charge on any atom is 0.256 e. The van der Waals surface area contributed by atoms with Crippen molar-refractivity contribution in [2.24, 2.45) is 0 Å². The molecule has 1 atom stereocenters. The Hall–Kier alpha value is -3.57. The van der Waals surface area contributed by atoms with Gasteiger partial charge in [0.05, 0.1) is 5.75 Å².